The van der Waals surface area contributed by atoms with Gasteiger partial charge >= 0.3 is 0 Å². The van der Waals surface area contributed by atoms with Crippen molar-refractivity contribution in [3.8, 4) is 0 Å². The van der Waals surface area contributed by atoms with Gasteiger partial charge in [0.1, 0.15) is 0 Å². The first-order valence-corrected chi connectivity index (χ1v) is 7.21. The fraction of sp³-hybridized carbons (Fsp3) is 0.562. The molecule has 2 rings (SSSR count). The molecule has 0 atom stereocenters. The predicted molar refractivity (Wildman–Crippen MR) is 81.2 cm³/mol. The molecule has 20 heavy (non-hydrogen) atoms. The van der Waals surface area contributed by atoms with Crippen molar-refractivity contribution in [3.63, 3.8) is 0 Å². The third-order valence-electron chi connectivity index (χ3n) is 4.07. The van der Waals surface area contributed by atoms with Gasteiger partial charge in [-0.1, -0.05) is 12.1 Å². The molecule has 0 unspecified atom stereocenters. The Morgan fingerprint density at radius 2 is 1.90 bits per heavy atom. The van der Waals surface area contributed by atoms with Crippen LogP contribution in [0.15, 0.2) is 18.2 Å². The molecule has 0 saturated carbocycles. The van der Waals surface area contributed by atoms with Crippen molar-refractivity contribution in [2.75, 3.05) is 44.8 Å². The van der Waals surface area contributed by atoms with Gasteiger partial charge in [0.2, 0.25) is 5.91 Å². The third kappa shape index (κ3) is 3.31. The van der Waals surface area contributed by atoms with Crippen LogP contribution in [0.5, 0.6) is 0 Å². The fourth-order valence-corrected chi connectivity index (χ4v) is 2.62. The number of anilines is 1. The van der Waals surface area contributed by atoms with Crippen molar-refractivity contribution < 1.29 is 9.53 Å². The second-order valence-electron chi connectivity index (χ2n) is 5.33. The molecule has 0 aliphatic carbocycles. The molecule has 1 heterocycles. The number of ether oxygens (including phenoxy) is 1. The minimum atomic E-state index is 0.201. The highest BCUT2D eigenvalue weighted by Crippen LogP contribution is 2.23. The molecule has 1 saturated heterocycles. The Kier molecular flexibility index (Phi) is 5.01. The summed E-state index contributed by atoms with van der Waals surface area (Å²) >= 11 is 0. The molecular weight excluding hydrogens is 252 g/mol. The van der Waals surface area contributed by atoms with Gasteiger partial charge < -0.3 is 14.5 Å². The molecule has 4 nitrogen and oxygen atoms in total. The standard InChI is InChI=1S/C16H24N2O2/c1-13-5-4-6-15(14(13)2)17-8-10-18(11-9-17)16(19)7-12-20-3/h4-6H,7-12H2,1-3H3. The Bertz CT molecular complexity index is 466. The van der Waals surface area contributed by atoms with Gasteiger partial charge in [-0.25, -0.2) is 0 Å². The summed E-state index contributed by atoms with van der Waals surface area (Å²) in [5, 5.41) is 0. The molecule has 0 spiro atoms. The van der Waals surface area contributed by atoms with E-state index in [0.29, 0.717) is 13.0 Å². The zero-order valence-electron chi connectivity index (χ0n) is 12.7. The van der Waals surface area contributed by atoms with Crippen LogP contribution in [0.25, 0.3) is 0 Å². The van der Waals surface area contributed by atoms with Crippen molar-refractivity contribution in [1.82, 2.24) is 4.90 Å². The van der Waals surface area contributed by atoms with Crippen molar-refractivity contribution in [1.29, 1.82) is 0 Å². The summed E-state index contributed by atoms with van der Waals surface area (Å²) in [5.74, 6) is 0.201. The number of nitrogens with zero attached hydrogens (tertiary/aromatic N) is 2. The zero-order chi connectivity index (χ0) is 14.5. The van der Waals surface area contributed by atoms with Crippen LogP contribution in [0.4, 0.5) is 5.69 Å². The number of aryl methyl sites for hydroxylation is 1. The molecular formula is C16H24N2O2. The molecule has 0 N–H and O–H groups in total. The smallest absolute Gasteiger partial charge is 0.225 e. The van der Waals surface area contributed by atoms with Crippen molar-refractivity contribution in [3.05, 3.63) is 29.3 Å². The number of hydrogen-bond acceptors (Lipinski definition) is 3. The van der Waals surface area contributed by atoms with E-state index in [1.165, 1.54) is 16.8 Å². The lowest BCUT2D eigenvalue weighted by Gasteiger charge is -2.37. The summed E-state index contributed by atoms with van der Waals surface area (Å²) in [6.07, 6.45) is 0.486. The van der Waals surface area contributed by atoms with Gasteiger partial charge in [0.05, 0.1) is 13.0 Å². The zero-order valence-corrected chi connectivity index (χ0v) is 12.7. The maximum atomic E-state index is 11.9. The SMILES string of the molecule is COCCC(=O)N1CCN(c2cccc(C)c2C)CC1. The van der Waals surface area contributed by atoms with Crippen LogP contribution >= 0.6 is 0 Å². The Morgan fingerprint density at radius 1 is 1.20 bits per heavy atom. The van der Waals surface area contributed by atoms with E-state index in [1.807, 2.05) is 4.90 Å². The maximum absolute atomic E-state index is 11.9. The van der Waals surface area contributed by atoms with E-state index in [-0.39, 0.29) is 5.91 Å². The Labute approximate surface area is 121 Å². The van der Waals surface area contributed by atoms with Gasteiger partial charge in [-0.05, 0) is 31.0 Å². The number of piperazine rings is 1. The van der Waals surface area contributed by atoms with Crippen LogP contribution in [0, 0.1) is 13.8 Å². The van der Waals surface area contributed by atoms with Gasteiger partial charge in [-0.3, -0.25) is 4.79 Å². The number of hydrogen-bond donors (Lipinski definition) is 0. The third-order valence-corrected chi connectivity index (χ3v) is 4.07. The van der Waals surface area contributed by atoms with Crippen molar-refractivity contribution in [2.24, 2.45) is 0 Å². The van der Waals surface area contributed by atoms with Gasteiger partial charge in [0.15, 0.2) is 0 Å². The van der Waals surface area contributed by atoms with E-state index in [2.05, 4.69) is 36.9 Å². The maximum Gasteiger partial charge on any atom is 0.225 e. The van der Waals surface area contributed by atoms with Crippen LogP contribution in [0.2, 0.25) is 0 Å². The van der Waals surface area contributed by atoms with Gasteiger partial charge in [-0.15, -0.1) is 0 Å². The van der Waals surface area contributed by atoms with Crippen molar-refractivity contribution >= 4 is 11.6 Å². The molecule has 1 aromatic rings. The number of carbonyl (C=O) groups excluding carboxylic acids is 1. The van der Waals surface area contributed by atoms with E-state index in [9.17, 15) is 4.79 Å². The van der Waals surface area contributed by atoms with Crippen LogP contribution in [-0.4, -0.2) is 50.7 Å². The van der Waals surface area contributed by atoms with Gasteiger partial charge in [0.25, 0.3) is 0 Å². The summed E-state index contributed by atoms with van der Waals surface area (Å²) < 4.78 is 4.96. The second-order valence-corrected chi connectivity index (χ2v) is 5.33. The summed E-state index contributed by atoms with van der Waals surface area (Å²) in [4.78, 5) is 16.3. The average Bonchev–Trinajstić information content (AvgIpc) is 2.48. The van der Waals surface area contributed by atoms with E-state index in [0.717, 1.165) is 26.2 Å². The van der Waals surface area contributed by atoms with Crippen LogP contribution in [-0.2, 0) is 9.53 Å². The first-order valence-electron chi connectivity index (χ1n) is 7.21. The van der Waals surface area contributed by atoms with Crippen LogP contribution in [0.1, 0.15) is 17.5 Å². The molecule has 1 fully saturated rings. The topological polar surface area (TPSA) is 32.8 Å². The highest BCUT2D eigenvalue weighted by molar-refractivity contribution is 5.76. The molecule has 1 aromatic carbocycles. The molecule has 0 aromatic heterocycles. The fourth-order valence-electron chi connectivity index (χ4n) is 2.62. The minimum Gasteiger partial charge on any atom is -0.384 e. The normalized spacial score (nSPS) is 15.6. The Hall–Kier alpha value is -1.55. The predicted octanol–water partition coefficient (Wildman–Crippen LogP) is 1.99. The summed E-state index contributed by atoms with van der Waals surface area (Å²) in [6.45, 7) is 8.23. The summed E-state index contributed by atoms with van der Waals surface area (Å²) in [5.41, 5.74) is 3.96. The lowest BCUT2D eigenvalue weighted by Crippen LogP contribution is -2.49. The molecule has 1 amide bonds. The molecule has 110 valence electrons. The van der Waals surface area contributed by atoms with E-state index in [1.54, 1.807) is 7.11 Å². The Morgan fingerprint density at radius 3 is 2.55 bits per heavy atom. The number of benzene rings is 1. The van der Waals surface area contributed by atoms with Crippen LogP contribution < -0.4 is 4.90 Å². The monoisotopic (exact) mass is 276 g/mol. The van der Waals surface area contributed by atoms with E-state index in [4.69, 9.17) is 4.74 Å². The minimum absolute atomic E-state index is 0.201. The molecule has 1 aliphatic heterocycles. The first-order chi connectivity index (χ1) is 9.63. The van der Waals surface area contributed by atoms with Gasteiger partial charge in [0, 0.05) is 39.0 Å². The van der Waals surface area contributed by atoms with E-state index < -0.39 is 0 Å². The molecule has 0 bridgehead atoms. The largest absolute Gasteiger partial charge is 0.384 e. The quantitative estimate of drug-likeness (QED) is 0.843. The average molecular weight is 276 g/mol. The summed E-state index contributed by atoms with van der Waals surface area (Å²) in [7, 11) is 1.63. The highest BCUT2D eigenvalue weighted by Gasteiger charge is 2.21. The highest BCUT2D eigenvalue weighted by atomic mass is 16.5. The van der Waals surface area contributed by atoms with Crippen LogP contribution in [0.3, 0.4) is 0 Å². The lowest BCUT2D eigenvalue weighted by atomic mass is 10.1. The van der Waals surface area contributed by atoms with Gasteiger partial charge in [-0.2, -0.15) is 0 Å². The molecule has 4 heteroatoms. The number of amides is 1. The Balaban J connectivity index is 1.94. The second kappa shape index (κ2) is 6.75. The summed E-state index contributed by atoms with van der Waals surface area (Å²) in [6, 6.07) is 6.42. The first kappa shape index (κ1) is 14.9. The number of carbonyl (C=O) groups is 1. The number of methoxy groups -OCH3 is 1. The number of rotatable bonds is 4. The molecule has 1 aliphatic rings. The van der Waals surface area contributed by atoms with Crippen molar-refractivity contribution in [2.45, 2.75) is 20.3 Å². The molecule has 0 radical (unpaired) electrons. The lowest BCUT2D eigenvalue weighted by molar-refractivity contribution is -0.132. The van der Waals surface area contributed by atoms with E-state index >= 15 is 0 Å².